The van der Waals surface area contributed by atoms with Gasteiger partial charge in [0.25, 0.3) is 0 Å². The Kier molecular flexibility index (Phi) is 1.45. The molecule has 5 nitrogen and oxygen atoms in total. The predicted molar refractivity (Wildman–Crippen MR) is 55.7 cm³/mol. The van der Waals surface area contributed by atoms with Gasteiger partial charge in [-0.2, -0.15) is 0 Å². The van der Waals surface area contributed by atoms with Crippen LogP contribution in [0.2, 0.25) is 0 Å². The fourth-order valence-electron chi connectivity index (χ4n) is 1.82. The van der Waals surface area contributed by atoms with Crippen LogP contribution in [0.1, 0.15) is 10.4 Å². The molecule has 3 rings (SSSR count). The third kappa shape index (κ3) is 1.06. The van der Waals surface area contributed by atoms with E-state index in [1.54, 1.807) is 18.4 Å². The van der Waals surface area contributed by atoms with Gasteiger partial charge in [-0.05, 0) is 12.1 Å². The number of ether oxygens (including phenoxy) is 1. The Hall–Kier alpha value is -2.17. The largest absolute Gasteiger partial charge is 0.461 e. The van der Waals surface area contributed by atoms with Crippen molar-refractivity contribution in [3.8, 4) is 5.75 Å². The SMILES string of the molecule is NC(=O)c1cc2c3c(c1)OC=CN3CN2. The van der Waals surface area contributed by atoms with Crippen molar-refractivity contribution in [2.45, 2.75) is 0 Å². The number of amides is 1. The summed E-state index contributed by atoms with van der Waals surface area (Å²) in [5.41, 5.74) is 7.52. The molecule has 76 valence electrons. The van der Waals surface area contributed by atoms with Crippen molar-refractivity contribution in [2.75, 3.05) is 16.9 Å². The number of nitrogens with one attached hydrogen (secondary N) is 1. The van der Waals surface area contributed by atoms with Crippen LogP contribution in [0.25, 0.3) is 0 Å². The van der Waals surface area contributed by atoms with Crippen LogP contribution in [0, 0.1) is 0 Å². The first-order valence-electron chi connectivity index (χ1n) is 4.57. The molecule has 0 saturated carbocycles. The van der Waals surface area contributed by atoms with E-state index in [1.807, 2.05) is 11.1 Å². The van der Waals surface area contributed by atoms with Crippen LogP contribution in [0.3, 0.4) is 0 Å². The van der Waals surface area contributed by atoms with E-state index in [0.29, 0.717) is 18.0 Å². The lowest BCUT2D eigenvalue weighted by molar-refractivity contribution is 0.1000. The maximum atomic E-state index is 11.1. The number of carbonyl (C=O) groups is 1. The van der Waals surface area contributed by atoms with Crippen molar-refractivity contribution in [3.63, 3.8) is 0 Å². The van der Waals surface area contributed by atoms with Gasteiger partial charge >= 0.3 is 0 Å². The normalized spacial score (nSPS) is 15.6. The first kappa shape index (κ1) is 8.16. The Morgan fingerprint density at radius 2 is 2.40 bits per heavy atom. The number of hydrogen-bond donors (Lipinski definition) is 2. The van der Waals surface area contributed by atoms with Gasteiger partial charge in [0, 0.05) is 11.8 Å². The third-order valence-corrected chi connectivity index (χ3v) is 2.52. The topological polar surface area (TPSA) is 67.6 Å². The summed E-state index contributed by atoms with van der Waals surface area (Å²) in [5, 5.41) is 3.16. The van der Waals surface area contributed by atoms with Gasteiger partial charge in [0.15, 0.2) is 5.75 Å². The van der Waals surface area contributed by atoms with Crippen molar-refractivity contribution < 1.29 is 9.53 Å². The summed E-state index contributed by atoms with van der Waals surface area (Å²) in [7, 11) is 0. The van der Waals surface area contributed by atoms with Gasteiger partial charge in [0.2, 0.25) is 5.91 Å². The predicted octanol–water partition coefficient (Wildman–Crippen LogP) is 0.839. The number of anilines is 2. The van der Waals surface area contributed by atoms with Crippen molar-refractivity contribution in [1.29, 1.82) is 0 Å². The van der Waals surface area contributed by atoms with Gasteiger partial charge in [-0.25, -0.2) is 0 Å². The van der Waals surface area contributed by atoms with Gasteiger partial charge in [0.05, 0.1) is 12.4 Å². The molecule has 5 heteroatoms. The van der Waals surface area contributed by atoms with Gasteiger partial charge in [-0.3, -0.25) is 4.79 Å². The highest BCUT2D eigenvalue weighted by Crippen LogP contribution is 2.43. The monoisotopic (exact) mass is 203 g/mol. The van der Waals surface area contributed by atoms with Crippen molar-refractivity contribution in [1.82, 2.24) is 0 Å². The Bertz CT molecular complexity index is 482. The molecule has 15 heavy (non-hydrogen) atoms. The maximum Gasteiger partial charge on any atom is 0.248 e. The van der Waals surface area contributed by atoms with E-state index >= 15 is 0 Å². The van der Waals surface area contributed by atoms with Crippen LogP contribution < -0.4 is 20.7 Å². The quantitative estimate of drug-likeness (QED) is 0.709. The molecule has 2 heterocycles. The van der Waals surface area contributed by atoms with E-state index in [-0.39, 0.29) is 0 Å². The number of nitrogens with zero attached hydrogens (tertiary/aromatic N) is 1. The highest BCUT2D eigenvalue weighted by atomic mass is 16.5. The van der Waals surface area contributed by atoms with Gasteiger partial charge in [-0.1, -0.05) is 0 Å². The molecule has 2 aliphatic rings. The first-order chi connectivity index (χ1) is 7.25. The zero-order valence-corrected chi connectivity index (χ0v) is 7.86. The molecule has 0 atom stereocenters. The summed E-state index contributed by atoms with van der Waals surface area (Å²) < 4.78 is 5.34. The number of benzene rings is 1. The number of hydrogen-bond acceptors (Lipinski definition) is 4. The molecule has 0 spiro atoms. The fraction of sp³-hybridized carbons (Fsp3) is 0.100. The van der Waals surface area contributed by atoms with Crippen molar-refractivity contribution in [2.24, 2.45) is 5.73 Å². The highest BCUT2D eigenvalue weighted by molar-refractivity contribution is 5.97. The lowest BCUT2D eigenvalue weighted by Gasteiger charge is -2.19. The molecular formula is C10H9N3O2. The summed E-state index contributed by atoms with van der Waals surface area (Å²) in [4.78, 5) is 13.1. The second-order valence-corrected chi connectivity index (χ2v) is 3.44. The summed E-state index contributed by atoms with van der Waals surface area (Å²) in [6, 6.07) is 3.40. The molecule has 0 aromatic heterocycles. The van der Waals surface area contributed by atoms with Crippen LogP contribution in [0.4, 0.5) is 11.4 Å². The molecule has 0 radical (unpaired) electrons. The van der Waals surface area contributed by atoms with E-state index in [9.17, 15) is 4.79 Å². The maximum absolute atomic E-state index is 11.1. The molecule has 1 amide bonds. The Morgan fingerprint density at radius 3 is 3.20 bits per heavy atom. The molecule has 2 aliphatic heterocycles. The van der Waals surface area contributed by atoms with Crippen molar-refractivity contribution in [3.05, 3.63) is 30.2 Å². The fourth-order valence-corrected chi connectivity index (χ4v) is 1.82. The lowest BCUT2D eigenvalue weighted by Crippen LogP contribution is -2.18. The first-order valence-corrected chi connectivity index (χ1v) is 4.57. The minimum absolute atomic E-state index is 0.451. The Balaban J connectivity index is 2.21. The van der Waals surface area contributed by atoms with E-state index in [0.717, 1.165) is 11.4 Å². The van der Waals surface area contributed by atoms with Crippen LogP contribution >= 0.6 is 0 Å². The second kappa shape index (κ2) is 2.66. The van der Waals surface area contributed by atoms with Gasteiger partial charge < -0.3 is 20.7 Å². The van der Waals surface area contributed by atoms with E-state index in [2.05, 4.69) is 5.32 Å². The molecule has 1 aromatic rings. The third-order valence-electron chi connectivity index (χ3n) is 2.52. The molecule has 0 unspecified atom stereocenters. The van der Waals surface area contributed by atoms with Crippen LogP contribution in [-0.4, -0.2) is 12.6 Å². The molecule has 0 bridgehead atoms. The molecule has 0 aliphatic carbocycles. The minimum Gasteiger partial charge on any atom is -0.461 e. The van der Waals surface area contributed by atoms with E-state index in [4.69, 9.17) is 10.5 Å². The highest BCUT2D eigenvalue weighted by Gasteiger charge is 2.25. The van der Waals surface area contributed by atoms with Crippen LogP contribution in [-0.2, 0) is 0 Å². The van der Waals surface area contributed by atoms with Gasteiger partial charge in [-0.15, -0.1) is 0 Å². The van der Waals surface area contributed by atoms with Crippen LogP contribution in [0.15, 0.2) is 24.6 Å². The zero-order chi connectivity index (χ0) is 10.4. The summed E-state index contributed by atoms with van der Waals surface area (Å²) in [6.07, 6.45) is 3.43. The van der Waals surface area contributed by atoms with Gasteiger partial charge in [0.1, 0.15) is 11.9 Å². The van der Waals surface area contributed by atoms with Crippen LogP contribution in [0.5, 0.6) is 5.75 Å². The Labute approximate surface area is 86.1 Å². The standard InChI is InChI=1S/C10H9N3O2/c11-10(14)6-3-7-9-8(4-6)15-2-1-13(9)5-12-7/h1-4,12H,5H2,(H2,11,14). The summed E-state index contributed by atoms with van der Waals surface area (Å²) >= 11 is 0. The number of rotatable bonds is 1. The van der Waals surface area contributed by atoms with E-state index in [1.165, 1.54) is 0 Å². The molecule has 0 saturated heterocycles. The minimum atomic E-state index is -0.451. The number of primary amides is 1. The summed E-state index contributed by atoms with van der Waals surface area (Å²) in [6.45, 7) is 0.685. The summed E-state index contributed by atoms with van der Waals surface area (Å²) in [5.74, 6) is 0.209. The van der Waals surface area contributed by atoms with Crippen molar-refractivity contribution >= 4 is 17.3 Å². The molecule has 3 N–H and O–H groups in total. The molecule has 1 aromatic carbocycles. The average molecular weight is 203 g/mol. The van der Waals surface area contributed by atoms with E-state index < -0.39 is 5.91 Å². The average Bonchev–Trinajstić information content (AvgIpc) is 2.64. The number of carbonyl (C=O) groups excluding carboxylic acids is 1. The lowest BCUT2D eigenvalue weighted by atomic mass is 10.1. The molecular weight excluding hydrogens is 194 g/mol. The smallest absolute Gasteiger partial charge is 0.248 e. The number of nitrogens with two attached hydrogens (primary N) is 1. The zero-order valence-electron chi connectivity index (χ0n) is 7.86. The Morgan fingerprint density at radius 1 is 1.53 bits per heavy atom. The molecule has 0 fully saturated rings. The second-order valence-electron chi connectivity index (χ2n) is 3.44.